The number of hydrogen-bond donors (Lipinski definition) is 1. The lowest BCUT2D eigenvalue weighted by molar-refractivity contribution is -0.135. The highest BCUT2D eigenvalue weighted by Gasteiger charge is 2.40. The van der Waals surface area contributed by atoms with Gasteiger partial charge in [0.25, 0.3) is 6.43 Å². The normalized spacial score (nSPS) is 17.6. The molecule has 202 valence electrons. The lowest BCUT2D eigenvalue weighted by atomic mass is 9.99. The number of benzene rings is 1. The number of nitrogens with zero attached hydrogens (tertiary/aromatic N) is 7. The Morgan fingerprint density at radius 3 is 2.59 bits per heavy atom. The van der Waals surface area contributed by atoms with Crippen LogP contribution < -0.4 is 5.32 Å². The van der Waals surface area contributed by atoms with Crippen LogP contribution in [0.5, 0.6) is 0 Å². The molecule has 0 spiro atoms. The number of likely N-dealkylation sites (tertiary alicyclic amines) is 1. The minimum Gasteiger partial charge on any atom is -0.341 e. The second kappa shape index (κ2) is 9.14. The maximum absolute atomic E-state index is 14.3. The number of imidazole rings is 1. The summed E-state index contributed by atoms with van der Waals surface area (Å²) in [5.41, 5.74) is 3.22. The van der Waals surface area contributed by atoms with Gasteiger partial charge in [0.05, 0.1) is 41.3 Å². The standard InChI is InChI=1S/C27H28F2N8O2/c1-14-26(38)34(3)13-21-23(33-25(37(14)21)16-11-36(12-16)27(39)30-2)17-6-5-7-20-18(17)8-19(24(28)29)22(32-20)15-9-31-35(4)10-15/h5-10,14,16,24H,11-13H2,1-4H3,(H,30,39). The quantitative estimate of drug-likeness (QED) is 0.430. The lowest BCUT2D eigenvalue weighted by Crippen LogP contribution is -2.53. The summed E-state index contributed by atoms with van der Waals surface area (Å²) in [6, 6.07) is 6.34. The summed E-state index contributed by atoms with van der Waals surface area (Å²) >= 11 is 0. The van der Waals surface area contributed by atoms with E-state index in [1.807, 2.05) is 23.6 Å². The Kier molecular flexibility index (Phi) is 5.85. The molecular formula is C27H28F2N8O2. The van der Waals surface area contributed by atoms with Gasteiger partial charge in [0.2, 0.25) is 5.91 Å². The van der Waals surface area contributed by atoms with Crippen molar-refractivity contribution in [2.24, 2.45) is 7.05 Å². The third-order valence-electron chi connectivity index (χ3n) is 7.65. The van der Waals surface area contributed by atoms with Crippen LogP contribution in [-0.4, -0.2) is 73.2 Å². The Bertz CT molecular complexity index is 1620. The number of amides is 3. The molecule has 3 amide bonds. The SMILES string of the molecule is CNC(=O)N1CC(c2nc(-c3cccc4nc(-c5cnn(C)c5)c(C(F)F)cc34)c3n2C(C)C(=O)N(C)C3)C1. The van der Waals surface area contributed by atoms with E-state index < -0.39 is 12.5 Å². The fraction of sp³-hybridized carbons (Fsp3) is 0.370. The number of aryl methyl sites for hydroxylation is 1. The second-order valence-corrected chi connectivity index (χ2v) is 10.2. The Morgan fingerprint density at radius 1 is 1.15 bits per heavy atom. The van der Waals surface area contributed by atoms with Crippen molar-refractivity contribution in [1.29, 1.82) is 0 Å². The minimum absolute atomic E-state index is 0.0316. The maximum Gasteiger partial charge on any atom is 0.317 e. The molecular weight excluding hydrogens is 506 g/mol. The van der Waals surface area contributed by atoms with Gasteiger partial charge in [-0.25, -0.2) is 23.5 Å². The van der Waals surface area contributed by atoms with Gasteiger partial charge in [-0.2, -0.15) is 5.10 Å². The molecule has 0 bridgehead atoms. The number of urea groups is 1. The highest BCUT2D eigenvalue weighted by molar-refractivity contribution is 5.96. The highest BCUT2D eigenvalue weighted by atomic mass is 19.3. The van der Waals surface area contributed by atoms with Crippen molar-refractivity contribution in [3.63, 3.8) is 0 Å². The highest BCUT2D eigenvalue weighted by Crippen LogP contribution is 2.41. The Hall–Kier alpha value is -4.35. The molecule has 1 N–H and O–H groups in total. The lowest BCUT2D eigenvalue weighted by Gasteiger charge is -2.40. The summed E-state index contributed by atoms with van der Waals surface area (Å²) in [5.74, 6) is 0.645. The van der Waals surface area contributed by atoms with Crippen LogP contribution in [0.15, 0.2) is 36.7 Å². The van der Waals surface area contributed by atoms with Crippen LogP contribution in [0, 0.1) is 0 Å². The van der Waals surface area contributed by atoms with E-state index in [2.05, 4.69) is 15.4 Å². The first-order valence-electron chi connectivity index (χ1n) is 12.7. The molecule has 1 unspecified atom stereocenters. The van der Waals surface area contributed by atoms with E-state index in [0.717, 1.165) is 11.5 Å². The smallest absolute Gasteiger partial charge is 0.317 e. The van der Waals surface area contributed by atoms with E-state index >= 15 is 0 Å². The average Bonchev–Trinajstić information content (AvgIpc) is 3.48. The average molecular weight is 535 g/mol. The molecule has 1 fully saturated rings. The van der Waals surface area contributed by atoms with Gasteiger partial charge < -0.3 is 19.7 Å². The Labute approximate surface area is 223 Å². The molecule has 2 aliphatic heterocycles. The van der Waals surface area contributed by atoms with Crippen LogP contribution in [0.3, 0.4) is 0 Å². The van der Waals surface area contributed by atoms with Gasteiger partial charge in [-0.05, 0) is 19.1 Å². The van der Waals surface area contributed by atoms with Crippen molar-refractivity contribution in [2.75, 3.05) is 27.2 Å². The van der Waals surface area contributed by atoms with Crippen molar-refractivity contribution >= 4 is 22.8 Å². The summed E-state index contributed by atoms with van der Waals surface area (Å²) < 4.78 is 32.2. The molecule has 5 heterocycles. The fourth-order valence-electron chi connectivity index (χ4n) is 5.63. The number of nitrogens with one attached hydrogen (secondary N) is 1. The van der Waals surface area contributed by atoms with Crippen molar-refractivity contribution in [1.82, 2.24) is 39.4 Å². The summed E-state index contributed by atoms with van der Waals surface area (Å²) in [6.45, 7) is 3.13. The molecule has 6 rings (SSSR count). The largest absolute Gasteiger partial charge is 0.341 e. The number of aromatic nitrogens is 5. The van der Waals surface area contributed by atoms with Crippen molar-refractivity contribution < 1.29 is 18.4 Å². The zero-order valence-corrected chi connectivity index (χ0v) is 22.0. The summed E-state index contributed by atoms with van der Waals surface area (Å²) in [6.07, 6.45) is 0.444. The molecule has 0 radical (unpaired) electrons. The number of rotatable bonds is 4. The third kappa shape index (κ3) is 3.93. The van der Waals surface area contributed by atoms with E-state index in [9.17, 15) is 18.4 Å². The van der Waals surface area contributed by atoms with Crippen LogP contribution in [-0.2, 0) is 18.4 Å². The van der Waals surface area contributed by atoms with E-state index in [-0.39, 0.29) is 29.1 Å². The Balaban J connectivity index is 1.53. The van der Waals surface area contributed by atoms with Gasteiger partial charge in [0.1, 0.15) is 11.9 Å². The molecule has 0 saturated carbocycles. The molecule has 1 aromatic carbocycles. The first-order chi connectivity index (χ1) is 18.7. The molecule has 10 nitrogen and oxygen atoms in total. The number of halogens is 2. The van der Waals surface area contributed by atoms with Crippen LogP contribution >= 0.6 is 0 Å². The van der Waals surface area contributed by atoms with Gasteiger partial charge in [-0.1, -0.05) is 12.1 Å². The molecule has 3 aromatic heterocycles. The van der Waals surface area contributed by atoms with Gasteiger partial charge in [-0.3, -0.25) is 9.48 Å². The topological polar surface area (TPSA) is 101 Å². The number of pyridine rings is 1. The first-order valence-corrected chi connectivity index (χ1v) is 12.7. The Morgan fingerprint density at radius 2 is 1.92 bits per heavy atom. The summed E-state index contributed by atoms with van der Waals surface area (Å²) in [7, 11) is 5.06. The third-order valence-corrected chi connectivity index (χ3v) is 7.65. The summed E-state index contributed by atoms with van der Waals surface area (Å²) in [4.78, 5) is 38.0. The van der Waals surface area contributed by atoms with Gasteiger partial charge in [0, 0.05) is 62.5 Å². The monoisotopic (exact) mass is 534 g/mol. The predicted molar refractivity (Wildman–Crippen MR) is 140 cm³/mol. The summed E-state index contributed by atoms with van der Waals surface area (Å²) in [5, 5.41) is 7.31. The van der Waals surface area contributed by atoms with Gasteiger partial charge in [0.15, 0.2) is 0 Å². The zero-order chi connectivity index (χ0) is 27.6. The van der Waals surface area contributed by atoms with Crippen LogP contribution in [0.1, 0.15) is 42.4 Å². The van der Waals surface area contributed by atoms with Crippen molar-refractivity contribution in [2.45, 2.75) is 31.9 Å². The molecule has 1 saturated heterocycles. The molecule has 1 atom stereocenters. The van der Waals surface area contributed by atoms with Crippen LogP contribution in [0.25, 0.3) is 33.4 Å². The van der Waals surface area contributed by atoms with Crippen LogP contribution in [0.2, 0.25) is 0 Å². The predicted octanol–water partition coefficient (Wildman–Crippen LogP) is 3.71. The number of alkyl halides is 2. The zero-order valence-electron chi connectivity index (χ0n) is 22.0. The van der Waals surface area contributed by atoms with Gasteiger partial charge >= 0.3 is 6.03 Å². The van der Waals surface area contributed by atoms with E-state index in [0.29, 0.717) is 47.4 Å². The number of fused-ring (bicyclic) bond motifs is 2. The molecule has 0 aliphatic carbocycles. The number of carbonyl (C=O) groups is 2. The number of likely N-dealkylation sites (N-methyl/N-ethyl adjacent to an activating group) is 1. The molecule has 4 aromatic rings. The van der Waals surface area contributed by atoms with E-state index in [1.54, 1.807) is 47.9 Å². The van der Waals surface area contributed by atoms with Gasteiger partial charge in [-0.15, -0.1) is 0 Å². The fourth-order valence-corrected chi connectivity index (χ4v) is 5.63. The minimum atomic E-state index is -2.74. The van der Waals surface area contributed by atoms with Crippen molar-refractivity contribution in [3.8, 4) is 22.5 Å². The van der Waals surface area contributed by atoms with E-state index in [4.69, 9.17) is 4.98 Å². The first kappa shape index (κ1) is 25.0. The van der Waals surface area contributed by atoms with Crippen molar-refractivity contribution in [3.05, 3.63) is 53.7 Å². The molecule has 12 heteroatoms. The number of hydrogen-bond acceptors (Lipinski definition) is 5. The molecule has 39 heavy (non-hydrogen) atoms. The number of carbonyl (C=O) groups excluding carboxylic acids is 2. The maximum atomic E-state index is 14.3. The van der Waals surface area contributed by atoms with E-state index in [1.165, 1.54) is 12.3 Å². The van der Waals surface area contributed by atoms with Crippen LogP contribution in [0.4, 0.5) is 13.6 Å². The second-order valence-electron chi connectivity index (χ2n) is 10.2. The molecule has 2 aliphatic rings.